The summed E-state index contributed by atoms with van der Waals surface area (Å²) in [5.41, 5.74) is -0.0551. The quantitative estimate of drug-likeness (QED) is 0.774. The Morgan fingerprint density at radius 2 is 1.88 bits per heavy atom. The number of furan rings is 1. The van der Waals surface area contributed by atoms with Crippen LogP contribution in [0.3, 0.4) is 0 Å². The number of rotatable bonds is 7. The van der Waals surface area contributed by atoms with Gasteiger partial charge in [-0.15, -0.1) is 0 Å². The van der Waals surface area contributed by atoms with Gasteiger partial charge >= 0.3 is 0 Å². The Balaban J connectivity index is 1.56. The van der Waals surface area contributed by atoms with Gasteiger partial charge in [0.05, 0.1) is 13.2 Å². The van der Waals surface area contributed by atoms with Gasteiger partial charge in [-0.3, -0.25) is 4.90 Å². The molecular formula is C19H24ClNO3S. The maximum absolute atomic E-state index is 9.83. The molecule has 2 heterocycles. The number of aliphatic hydroxyl groups excluding tert-OH is 1. The van der Waals surface area contributed by atoms with Crippen LogP contribution in [0.15, 0.2) is 50.8 Å². The van der Waals surface area contributed by atoms with Crippen LogP contribution >= 0.6 is 23.4 Å². The van der Waals surface area contributed by atoms with Crippen LogP contribution in [-0.4, -0.2) is 43.4 Å². The predicted molar refractivity (Wildman–Crippen MR) is 100 cm³/mol. The Morgan fingerprint density at radius 3 is 2.56 bits per heavy atom. The molecule has 1 aromatic carbocycles. The highest BCUT2D eigenvalue weighted by molar-refractivity contribution is 7.99. The van der Waals surface area contributed by atoms with Crippen molar-refractivity contribution in [3.63, 3.8) is 0 Å². The van der Waals surface area contributed by atoms with Crippen molar-refractivity contribution in [2.75, 3.05) is 33.4 Å². The van der Waals surface area contributed by atoms with Gasteiger partial charge in [0.15, 0.2) is 5.09 Å². The molecule has 0 amide bonds. The molecule has 6 heteroatoms. The number of halogens is 1. The molecule has 0 spiro atoms. The van der Waals surface area contributed by atoms with Crippen LogP contribution < -0.4 is 0 Å². The summed E-state index contributed by atoms with van der Waals surface area (Å²) in [5.74, 6) is 0.930. The lowest BCUT2D eigenvalue weighted by Gasteiger charge is -2.38. The Bertz CT molecular complexity index is 668. The van der Waals surface area contributed by atoms with E-state index in [0.717, 1.165) is 59.9 Å². The minimum absolute atomic E-state index is 0.0551. The summed E-state index contributed by atoms with van der Waals surface area (Å²) in [6.45, 7) is 3.24. The largest absolute Gasteiger partial charge is 0.453 e. The van der Waals surface area contributed by atoms with Gasteiger partial charge in [-0.05, 0) is 56.3 Å². The van der Waals surface area contributed by atoms with E-state index >= 15 is 0 Å². The zero-order chi connectivity index (χ0) is 17.7. The Labute approximate surface area is 158 Å². The fraction of sp³-hybridized carbons (Fsp3) is 0.474. The van der Waals surface area contributed by atoms with Crippen LogP contribution in [0.1, 0.15) is 18.6 Å². The molecule has 4 nitrogen and oxygen atoms in total. The third-order valence-corrected chi connectivity index (χ3v) is 5.77. The molecule has 1 fully saturated rings. The van der Waals surface area contributed by atoms with Crippen molar-refractivity contribution < 1.29 is 14.3 Å². The third-order valence-electron chi connectivity index (χ3n) is 4.59. The van der Waals surface area contributed by atoms with Gasteiger partial charge in [0.25, 0.3) is 0 Å². The molecule has 1 aliphatic rings. The van der Waals surface area contributed by atoms with Gasteiger partial charge in [0.2, 0.25) is 0 Å². The second kappa shape index (κ2) is 8.60. The number of aliphatic hydroxyl groups is 1. The van der Waals surface area contributed by atoms with Gasteiger partial charge < -0.3 is 14.3 Å². The fourth-order valence-corrected chi connectivity index (χ4v) is 4.10. The molecule has 0 atom stereocenters. The number of ether oxygens (including phenoxy) is 1. The molecule has 0 unspecified atom stereocenters. The minimum Gasteiger partial charge on any atom is -0.453 e. The lowest BCUT2D eigenvalue weighted by molar-refractivity contribution is -0.0325. The van der Waals surface area contributed by atoms with Crippen LogP contribution in [-0.2, 0) is 11.3 Å². The summed E-state index contributed by atoms with van der Waals surface area (Å²) in [6.07, 6.45) is 1.81. The average molecular weight is 382 g/mol. The second-order valence-electron chi connectivity index (χ2n) is 6.72. The molecule has 0 bridgehead atoms. The van der Waals surface area contributed by atoms with E-state index in [9.17, 15) is 5.11 Å². The summed E-state index contributed by atoms with van der Waals surface area (Å²) in [7, 11) is 2.07. The zero-order valence-corrected chi connectivity index (χ0v) is 16.0. The maximum Gasteiger partial charge on any atom is 0.165 e. The second-order valence-corrected chi connectivity index (χ2v) is 8.23. The first-order valence-corrected chi connectivity index (χ1v) is 9.67. The molecule has 25 heavy (non-hydrogen) atoms. The van der Waals surface area contributed by atoms with Crippen LogP contribution in [0.2, 0.25) is 5.02 Å². The van der Waals surface area contributed by atoms with E-state index in [-0.39, 0.29) is 12.0 Å². The highest BCUT2D eigenvalue weighted by atomic mass is 35.5. The van der Waals surface area contributed by atoms with Crippen molar-refractivity contribution in [3.8, 4) is 0 Å². The number of benzene rings is 1. The molecule has 136 valence electrons. The van der Waals surface area contributed by atoms with E-state index in [0.29, 0.717) is 0 Å². The normalized spacial score (nSPS) is 17.1. The smallest absolute Gasteiger partial charge is 0.165 e. The summed E-state index contributed by atoms with van der Waals surface area (Å²) < 4.78 is 11.4. The molecule has 3 rings (SSSR count). The molecular weight excluding hydrogens is 358 g/mol. The predicted octanol–water partition coefficient (Wildman–Crippen LogP) is 4.31. The van der Waals surface area contributed by atoms with E-state index in [1.807, 2.05) is 36.4 Å². The van der Waals surface area contributed by atoms with Crippen LogP contribution in [0.4, 0.5) is 0 Å². The summed E-state index contributed by atoms with van der Waals surface area (Å²) in [6, 6.07) is 11.7. The summed E-state index contributed by atoms with van der Waals surface area (Å²) in [4.78, 5) is 3.32. The van der Waals surface area contributed by atoms with Crippen LogP contribution in [0, 0.1) is 5.41 Å². The van der Waals surface area contributed by atoms with Crippen molar-refractivity contribution in [1.29, 1.82) is 0 Å². The molecule has 0 saturated carbocycles. The Kier molecular flexibility index (Phi) is 6.47. The van der Waals surface area contributed by atoms with Crippen molar-refractivity contribution in [1.82, 2.24) is 4.90 Å². The highest BCUT2D eigenvalue weighted by Crippen LogP contribution is 2.32. The Hall–Kier alpha value is -0.980. The zero-order valence-electron chi connectivity index (χ0n) is 14.4. The van der Waals surface area contributed by atoms with E-state index in [2.05, 4.69) is 11.9 Å². The van der Waals surface area contributed by atoms with Crippen molar-refractivity contribution >= 4 is 23.4 Å². The van der Waals surface area contributed by atoms with Crippen molar-refractivity contribution in [2.45, 2.75) is 29.4 Å². The lowest BCUT2D eigenvalue weighted by Crippen LogP contribution is -2.42. The molecule has 0 radical (unpaired) electrons. The SMILES string of the molecule is CN(Cc1ccc(Sc2ccc(Cl)cc2)o1)CC1(CO)CCOCC1. The maximum atomic E-state index is 9.83. The summed E-state index contributed by atoms with van der Waals surface area (Å²) >= 11 is 7.50. The monoisotopic (exact) mass is 381 g/mol. The van der Waals surface area contributed by atoms with Gasteiger partial charge in [-0.1, -0.05) is 23.4 Å². The topological polar surface area (TPSA) is 45.8 Å². The molecule has 1 N–H and O–H groups in total. The van der Waals surface area contributed by atoms with Gasteiger partial charge in [0.1, 0.15) is 5.76 Å². The molecule has 0 aliphatic carbocycles. The minimum atomic E-state index is -0.0551. The molecule has 2 aromatic rings. The van der Waals surface area contributed by atoms with E-state index in [1.165, 1.54) is 0 Å². The fourth-order valence-electron chi connectivity index (χ4n) is 3.18. The highest BCUT2D eigenvalue weighted by Gasteiger charge is 2.33. The van der Waals surface area contributed by atoms with Gasteiger partial charge in [-0.2, -0.15) is 0 Å². The average Bonchev–Trinajstić information content (AvgIpc) is 3.04. The first-order chi connectivity index (χ1) is 12.1. The van der Waals surface area contributed by atoms with E-state index in [4.69, 9.17) is 20.8 Å². The number of nitrogens with zero attached hydrogens (tertiary/aromatic N) is 1. The van der Waals surface area contributed by atoms with Crippen molar-refractivity contribution in [3.05, 3.63) is 47.2 Å². The number of hydrogen-bond donors (Lipinski definition) is 1. The molecule has 1 saturated heterocycles. The van der Waals surface area contributed by atoms with Crippen molar-refractivity contribution in [2.24, 2.45) is 5.41 Å². The van der Waals surface area contributed by atoms with E-state index < -0.39 is 0 Å². The van der Waals surface area contributed by atoms with Crippen LogP contribution in [0.25, 0.3) is 0 Å². The lowest BCUT2D eigenvalue weighted by atomic mass is 9.80. The van der Waals surface area contributed by atoms with Crippen LogP contribution in [0.5, 0.6) is 0 Å². The first-order valence-electron chi connectivity index (χ1n) is 8.48. The molecule has 1 aliphatic heterocycles. The first kappa shape index (κ1) is 18.8. The van der Waals surface area contributed by atoms with E-state index in [1.54, 1.807) is 11.8 Å². The van der Waals surface area contributed by atoms with Gasteiger partial charge in [-0.25, -0.2) is 0 Å². The summed E-state index contributed by atoms with van der Waals surface area (Å²) in [5, 5.41) is 11.4. The Morgan fingerprint density at radius 1 is 1.16 bits per heavy atom. The third kappa shape index (κ3) is 5.25. The standard InChI is InChI=1S/C19H24ClNO3S/c1-21(13-19(14-22)8-10-23-11-9-19)12-16-4-7-18(24-16)25-17-5-2-15(20)3-6-17/h2-7,22H,8-14H2,1H3. The molecule has 1 aromatic heterocycles. The number of hydrogen-bond acceptors (Lipinski definition) is 5. The van der Waals surface area contributed by atoms with Gasteiger partial charge in [0, 0.05) is 35.1 Å².